The molecule has 6 nitrogen and oxygen atoms in total. The first-order chi connectivity index (χ1) is 8.45. The first-order valence-electron chi connectivity index (χ1n) is 5.50. The summed E-state index contributed by atoms with van der Waals surface area (Å²) in [5, 5.41) is 8.98. The molecule has 1 saturated carbocycles. The maximum atomic E-state index is 12.0. The van der Waals surface area contributed by atoms with Crippen LogP contribution >= 0.6 is 0 Å². The van der Waals surface area contributed by atoms with Gasteiger partial charge in [0.05, 0.1) is 16.9 Å². The molecule has 96 valence electrons. The fourth-order valence-electron chi connectivity index (χ4n) is 1.63. The zero-order valence-electron chi connectivity index (χ0n) is 9.92. The van der Waals surface area contributed by atoms with Gasteiger partial charge in [-0.1, -0.05) is 6.07 Å². The highest BCUT2D eigenvalue weighted by Gasteiger charge is 2.34. The number of benzene rings is 1. The van der Waals surface area contributed by atoms with Gasteiger partial charge in [-0.2, -0.15) is 18.0 Å². The van der Waals surface area contributed by atoms with Crippen LogP contribution in [0, 0.1) is 11.3 Å². The highest BCUT2D eigenvalue weighted by atomic mass is 32.2. The number of anilines is 2. The molecule has 0 aliphatic heterocycles. The molecule has 18 heavy (non-hydrogen) atoms. The molecule has 0 heterocycles. The van der Waals surface area contributed by atoms with Crippen LogP contribution in [0.4, 0.5) is 11.4 Å². The van der Waals surface area contributed by atoms with E-state index in [2.05, 4.69) is 4.72 Å². The predicted molar refractivity (Wildman–Crippen MR) is 68.9 cm³/mol. The SMILES string of the molecule is CN(C1CC1)S(=O)(=O)Nc1cccc(N)c1C#N. The van der Waals surface area contributed by atoms with Crippen molar-refractivity contribution in [2.24, 2.45) is 0 Å². The van der Waals surface area contributed by atoms with Gasteiger partial charge >= 0.3 is 10.2 Å². The average molecular weight is 266 g/mol. The van der Waals surface area contributed by atoms with Crippen molar-refractivity contribution in [3.8, 4) is 6.07 Å². The van der Waals surface area contributed by atoms with E-state index in [9.17, 15) is 8.42 Å². The molecule has 1 aliphatic rings. The van der Waals surface area contributed by atoms with Crippen LogP contribution in [0.1, 0.15) is 18.4 Å². The largest absolute Gasteiger partial charge is 0.398 e. The number of nitrogens with zero attached hydrogens (tertiary/aromatic N) is 2. The number of nitrogens with one attached hydrogen (secondary N) is 1. The Bertz CT molecular complexity index is 602. The normalized spacial score (nSPS) is 15.4. The van der Waals surface area contributed by atoms with Gasteiger partial charge in [0.25, 0.3) is 0 Å². The van der Waals surface area contributed by atoms with Crippen LogP contribution in [0.5, 0.6) is 0 Å². The van der Waals surface area contributed by atoms with Crippen LogP contribution in [-0.4, -0.2) is 25.8 Å². The van der Waals surface area contributed by atoms with E-state index in [1.807, 2.05) is 6.07 Å². The molecule has 0 spiro atoms. The molecule has 1 aromatic rings. The van der Waals surface area contributed by atoms with Crippen LogP contribution < -0.4 is 10.5 Å². The van der Waals surface area contributed by atoms with Crippen molar-refractivity contribution in [3.05, 3.63) is 23.8 Å². The van der Waals surface area contributed by atoms with Crippen LogP contribution in [0.3, 0.4) is 0 Å². The van der Waals surface area contributed by atoms with Crippen LogP contribution in [0.2, 0.25) is 0 Å². The molecule has 0 saturated heterocycles. The molecule has 0 radical (unpaired) electrons. The van der Waals surface area contributed by atoms with Crippen molar-refractivity contribution in [3.63, 3.8) is 0 Å². The molecule has 0 atom stereocenters. The fraction of sp³-hybridized carbons (Fsp3) is 0.364. The lowest BCUT2D eigenvalue weighted by Crippen LogP contribution is -2.34. The van der Waals surface area contributed by atoms with Crippen molar-refractivity contribution < 1.29 is 8.42 Å². The molecule has 1 aromatic carbocycles. The van der Waals surface area contributed by atoms with Crippen molar-refractivity contribution in [1.82, 2.24) is 4.31 Å². The Balaban J connectivity index is 2.29. The van der Waals surface area contributed by atoms with Crippen molar-refractivity contribution in [2.45, 2.75) is 18.9 Å². The summed E-state index contributed by atoms with van der Waals surface area (Å²) in [4.78, 5) is 0. The summed E-state index contributed by atoms with van der Waals surface area (Å²) in [7, 11) is -2.10. The third-order valence-corrected chi connectivity index (χ3v) is 4.42. The van der Waals surface area contributed by atoms with Crippen molar-refractivity contribution in [1.29, 1.82) is 5.26 Å². The van der Waals surface area contributed by atoms with Crippen LogP contribution in [0.15, 0.2) is 18.2 Å². The fourth-order valence-corrected chi connectivity index (χ4v) is 2.82. The van der Waals surface area contributed by atoms with E-state index in [-0.39, 0.29) is 23.0 Å². The van der Waals surface area contributed by atoms with E-state index in [0.717, 1.165) is 12.8 Å². The van der Waals surface area contributed by atoms with Gasteiger partial charge in [0, 0.05) is 13.1 Å². The number of hydrogen-bond acceptors (Lipinski definition) is 4. The Morgan fingerprint density at radius 3 is 2.72 bits per heavy atom. The van der Waals surface area contributed by atoms with Gasteiger partial charge in [-0.15, -0.1) is 0 Å². The molecule has 2 rings (SSSR count). The Morgan fingerprint density at radius 1 is 1.50 bits per heavy atom. The lowest BCUT2D eigenvalue weighted by molar-refractivity contribution is 0.469. The molecule has 0 bridgehead atoms. The van der Waals surface area contributed by atoms with Gasteiger partial charge in [0.2, 0.25) is 0 Å². The minimum Gasteiger partial charge on any atom is -0.398 e. The van der Waals surface area contributed by atoms with Gasteiger partial charge < -0.3 is 5.73 Å². The lowest BCUT2D eigenvalue weighted by atomic mass is 10.1. The van der Waals surface area contributed by atoms with E-state index >= 15 is 0 Å². The topological polar surface area (TPSA) is 99.2 Å². The van der Waals surface area contributed by atoms with Crippen molar-refractivity contribution >= 4 is 21.6 Å². The molecule has 0 aromatic heterocycles. The first kappa shape index (κ1) is 12.7. The van der Waals surface area contributed by atoms with E-state index < -0.39 is 10.2 Å². The summed E-state index contributed by atoms with van der Waals surface area (Å²) in [6.07, 6.45) is 1.75. The first-order valence-corrected chi connectivity index (χ1v) is 6.94. The van der Waals surface area contributed by atoms with E-state index in [4.69, 9.17) is 11.0 Å². The summed E-state index contributed by atoms with van der Waals surface area (Å²) in [5.41, 5.74) is 6.24. The number of nitriles is 1. The maximum Gasteiger partial charge on any atom is 0.301 e. The second-order valence-corrected chi connectivity index (χ2v) is 5.97. The molecule has 7 heteroatoms. The second kappa shape index (κ2) is 4.48. The molecule has 0 unspecified atom stereocenters. The number of hydrogen-bond donors (Lipinski definition) is 2. The van der Waals surface area contributed by atoms with E-state index in [1.165, 1.54) is 17.4 Å². The van der Waals surface area contributed by atoms with Crippen molar-refractivity contribution in [2.75, 3.05) is 17.5 Å². The predicted octanol–water partition coefficient (Wildman–Crippen LogP) is 0.891. The summed E-state index contributed by atoms with van der Waals surface area (Å²) in [6, 6.07) is 6.64. The third kappa shape index (κ3) is 2.39. The molecule has 1 fully saturated rings. The van der Waals surface area contributed by atoms with Crippen LogP contribution in [-0.2, 0) is 10.2 Å². The highest BCUT2D eigenvalue weighted by molar-refractivity contribution is 7.90. The number of nitrogens with two attached hydrogens (primary N) is 1. The summed E-state index contributed by atoms with van der Waals surface area (Å²) in [5.74, 6) is 0. The second-order valence-electron chi connectivity index (χ2n) is 4.24. The highest BCUT2D eigenvalue weighted by Crippen LogP contribution is 2.29. The monoisotopic (exact) mass is 266 g/mol. The van der Waals surface area contributed by atoms with Gasteiger partial charge in [0.1, 0.15) is 6.07 Å². The number of nitrogen functional groups attached to an aromatic ring is 1. The Kier molecular flexibility index (Phi) is 3.15. The van der Waals surface area contributed by atoms with E-state index in [1.54, 1.807) is 12.1 Å². The minimum absolute atomic E-state index is 0.0640. The zero-order chi connectivity index (χ0) is 13.3. The van der Waals surface area contributed by atoms with Crippen LogP contribution in [0.25, 0.3) is 0 Å². The average Bonchev–Trinajstić information content (AvgIpc) is 3.11. The smallest absolute Gasteiger partial charge is 0.301 e. The standard InChI is InChI=1S/C11H14N4O2S/c1-15(8-5-6-8)18(16,17)14-11-4-2-3-10(13)9(11)7-12/h2-4,8,14H,5-6,13H2,1H3. The van der Waals surface area contributed by atoms with Gasteiger partial charge in [-0.25, -0.2) is 0 Å². The lowest BCUT2D eigenvalue weighted by Gasteiger charge is -2.18. The molecular weight excluding hydrogens is 252 g/mol. The summed E-state index contributed by atoms with van der Waals surface area (Å²) in [6.45, 7) is 0. The third-order valence-electron chi connectivity index (χ3n) is 2.89. The summed E-state index contributed by atoms with van der Waals surface area (Å²) >= 11 is 0. The Hall–Kier alpha value is -1.78. The number of rotatable bonds is 4. The van der Waals surface area contributed by atoms with Gasteiger partial charge in [0.15, 0.2) is 0 Å². The zero-order valence-corrected chi connectivity index (χ0v) is 10.7. The molecule has 3 N–H and O–H groups in total. The Morgan fingerprint density at radius 2 is 2.17 bits per heavy atom. The summed E-state index contributed by atoms with van der Waals surface area (Å²) < 4.78 is 27.7. The minimum atomic E-state index is -3.62. The van der Waals surface area contributed by atoms with Gasteiger partial charge in [-0.05, 0) is 25.0 Å². The molecule has 1 aliphatic carbocycles. The maximum absolute atomic E-state index is 12.0. The Labute approximate surface area is 106 Å². The van der Waals surface area contributed by atoms with Gasteiger partial charge in [-0.3, -0.25) is 4.72 Å². The quantitative estimate of drug-likeness (QED) is 0.790. The van der Waals surface area contributed by atoms with E-state index in [0.29, 0.717) is 0 Å². The molecular formula is C11H14N4O2S. The molecule has 0 amide bonds.